The smallest absolute Gasteiger partial charge is 0.309 e. The maximum atomic E-state index is 13.5. The van der Waals surface area contributed by atoms with Crippen molar-refractivity contribution in [1.29, 1.82) is 0 Å². The van der Waals surface area contributed by atoms with E-state index >= 15 is 0 Å². The fourth-order valence-corrected chi connectivity index (χ4v) is 7.47. The van der Waals surface area contributed by atoms with Gasteiger partial charge in [-0.05, 0) is 83.8 Å². The Balaban J connectivity index is 1.81. The lowest BCUT2D eigenvalue weighted by Crippen LogP contribution is -2.35. The summed E-state index contributed by atoms with van der Waals surface area (Å²) in [6.07, 6.45) is 26.7. The summed E-state index contributed by atoms with van der Waals surface area (Å²) in [6.45, 7) is 8.87. The second kappa shape index (κ2) is 27.1. The number of likely N-dealkylation sites (tertiary alicyclic amines) is 1. The van der Waals surface area contributed by atoms with Crippen molar-refractivity contribution >= 4 is 17.9 Å². The number of ether oxygens (including phenoxy) is 3. The molecule has 7 heteroatoms. The fraction of sp³-hybridized carbons (Fsp3) is 0.927. The Labute approximate surface area is 295 Å². The van der Waals surface area contributed by atoms with Crippen molar-refractivity contribution in [3.05, 3.63) is 0 Å². The van der Waals surface area contributed by atoms with Gasteiger partial charge in [-0.25, -0.2) is 0 Å². The molecule has 0 aromatic carbocycles. The Bertz CT molecular complexity index is 841. The molecule has 1 aliphatic heterocycles. The highest BCUT2D eigenvalue weighted by molar-refractivity contribution is 5.73. The van der Waals surface area contributed by atoms with Gasteiger partial charge >= 0.3 is 17.9 Å². The molecule has 0 bridgehead atoms. The minimum Gasteiger partial charge on any atom is -0.466 e. The predicted octanol–water partition coefficient (Wildman–Crippen LogP) is 10.4. The maximum Gasteiger partial charge on any atom is 0.309 e. The number of piperidine rings is 1. The van der Waals surface area contributed by atoms with Crippen LogP contribution in [-0.2, 0) is 28.6 Å². The van der Waals surface area contributed by atoms with Gasteiger partial charge in [-0.1, -0.05) is 117 Å². The van der Waals surface area contributed by atoms with Crippen LogP contribution >= 0.6 is 0 Å². The highest BCUT2D eigenvalue weighted by Gasteiger charge is 2.32. The minimum atomic E-state index is -0.200. The molecule has 2 aliphatic rings. The molecule has 0 amide bonds. The van der Waals surface area contributed by atoms with Crippen molar-refractivity contribution in [1.82, 2.24) is 4.90 Å². The number of esters is 3. The van der Waals surface area contributed by atoms with Crippen LogP contribution in [0.5, 0.6) is 0 Å². The lowest BCUT2D eigenvalue weighted by molar-refractivity contribution is -0.157. The van der Waals surface area contributed by atoms with Crippen LogP contribution in [0.15, 0.2) is 0 Å². The van der Waals surface area contributed by atoms with E-state index in [1.54, 1.807) is 0 Å². The van der Waals surface area contributed by atoms with Gasteiger partial charge in [0, 0.05) is 12.8 Å². The quantitative estimate of drug-likeness (QED) is 0.0463. The molecule has 4 unspecified atom stereocenters. The molecule has 0 N–H and O–H groups in total. The molecule has 7 nitrogen and oxygen atoms in total. The summed E-state index contributed by atoms with van der Waals surface area (Å²) in [5.74, 6) is -0.0996. The molecule has 48 heavy (non-hydrogen) atoms. The molecule has 1 heterocycles. The Morgan fingerprint density at radius 1 is 0.667 bits per heavy atom. The Hall–Kier alpha value is -1.63. The summed E-state index contributed by atoms with van der Waals surface area (Å²) < 4.78 is 17.8. The summed E-state index contributed by atoms with van der Waals surface area (Å²) in [6, 6.07) is 0. The van der Waals surface area contributed by atoms with Crippen LogP contribution < -0.4 is 0 Å². The highest BCUT2D eigenvalue weighted by atomic mass is 16.6. The maximum absolute atomic E-state index is 13.5. The number of carbonyl (C=O) groups excluding carboxylic acids is 3. The topological polar surface area (TPSA) is 82.1 Å². The highest BCUT2D eigenvalue weighted by Crippen LogP contribution is 2.32. The first-order chi connectivity index (χ1) is 23.4. The van der Waals surface area contributed by atoms with Gasteiger partial charge in [-0.2, -0.15) is 0 Å². The average Bonchev–Trinajstić information content (AvgIpc) is 3.51. The second-order valence-electron chi connectivity index (χ2n) is 15.2. The Morgan fingerprint density at radius 3 is 1.81 bits per heavy atom. The van der Waals surface area contributed by atoms with Crippen LogP contribution in [0.1, 0.15) is 188 Å². The van der Waals surface area contributed by atoms with Gasteiger partial charge in [0.1, 0.15) is 12.2 Å². The first-order valence-electron chi connectivity index (χ1n) is 20.6. The van der Waals surface area contributed by atoms with E-state index < -0.39 is 0 Å². The van der Waals surface area contributed by atoms with E-state index in [0.29, 0.717) is 12.8 Å². The Morgan fingerprint density at radius 2 is 1.21 bits per heavy atom. The summed E-state index contributed by atoms with van der Waals surface area (Å²) >= 11 is 0. The molecule has 2 rings (SSSR count). The number of hydrogen-bond donors (Lipinski definition) is 0. The van der Waals surface area contributed by atoms with Crippen LogP contribution in [0.4, 0.5) is 0 Å². The van der Waals surface area contributed by atoms with Crippen molar-refractivity contribution in [2.45, 2.75) is 200 Å². The third-order valence-electron chi connectivity index (χ3n) is 10.8. The van der Waals surface area contributed by atoms with Crippen molar-refractivity contribution in [3.63, 3.8) is 0 Å². The molecular weight excluding hydrogens is 602 g/mol. The van der Waals surface area contributed by atoms with Gasteiger partial charge in [-0.15, -0.1) is 0 Å². The summed E-state index contributed by atoms with van der Waals surface area (Å²) in [5, 5.41) is 0. The number of hydrogen-bond acceptors (Lipinski definition) is 7. The molecule has 1 saturated carbocycles. The molecule has 0 radical (unpaired) electrons. The zero-order valence-corrected chi connectivity index (χ0v) is 31.8. The third kappa shape index (κ3) is 19.5. The first-order valence-corrected chi connectivity index (χ1v) is 20.6. The van der Waals surface area contributed by atoms with E-state index in [0.717, 1.165) is 90.1 Å². The van der Waals surface area contributed by atoms with Crippen LogP contribution in [0.3, 0.4) is 0 Å². The summed E-state index contributed by atoms with van der Waals surface area (Å²) in [7, 11) is 2.09. The molecule has 1 saturated heterocycles. The molecule has 280 valence electrons. The molecule has 4 atom stereocenters. The third-order valence-corrected chi connectivity index (χ3v) is 10.8. The summed E-state index contributed by atoms with van der Waals surface area (Å²) in [4.78, 5) is 41.3. The number of nitrogens with zero attached hydrogens (tertiary/aromatic N) is 1. The normalized spacial score (nSPS) is 20.0. The lowest BCUT2D eigenvalue weighted by atomic mass is 9.94. The largest absolute Gasteiger partial charge is 0.466 e. The zero-order valence-electron chi connectivity index (χ0n) is 31.8. The fourth-order valence-electron chi connectivity index (χ4n) is 7.47. The predicted molar refractivity (Wildman–Crippen MR) is 196 cm³/mol. The SMILES string of the molecule is CCCCCCCCC(CCOC(=O)CC1CCC(OC(=O)C2CCN(C)CC2)C1)OC(=O)C(CCCCCC)CCCCCCCC. The molecule has 0 spiro atoms. The number of unbranched alkanes of at least 4 members (excludes halogenated alkanes) is 13. The van der Waals surface area contributed by atoms with Gasteiger partial charge in [0.05, 0.1) is 18.4 Å². The van der Waals surface area contributed by atoms with Gasteiger partial charge in [0.2, 0.25) is 0 Å². The average molecular weight is 678 g/mol. The van der Waals surface area contributed by atoms with Gasteiger partial charge in [0.25, 0.3) is 0 Å². The molecule has 0 aromatic heterocycles. The zero-order chi connectivity index (χ0) is 34.8. The molecule has 2 fully saturated rings. The van der Waals surface area contributed by atoms with Crippen LogP contribution in [0.2, 0.25) is 0 Å². The van der Waals surface area contributed by atoms with Crippen molar-refractivity contribution < 1.29 is 28.6 Å². The second-order valence-corrected chi connectivity index (χ2v) is 15.2. The standard InChI is InChI=1S/C41H75NO6/c1-5-8-11-14-16-19-22-35(21-18-13-10-7-3)40(44)47-37(23-20-17-15-12-9-6-2)28-31-46-39(43)33-34-24-25-38(32-34)48-41(45)36-26-29-42(4)30-27-36/h34-38H,5-33H2,1-4H3. The van der Waals surface area contributed by atoms with E-state index in [2.05, 4.69) is 32.7 Å². The molecule has 1 aliphatic carbocycles. The summed E-state index contributed by atoms with van der Waals surface area (Å²) in [5.41, 5.74) is 0. The van der Waals surface area contributed by atoms with Gasteiger partial charge in [-0.3, -0.25) is 14.4 Å². The first kappa shape index (κ1) is 42.5. The van der Waals surface area contributed by atoms with Crippen LogP contribution in [0, 0.1) is 17.8 Å². The van der Waals surface area contributed by atoms with E-state index in [1.807, 2.05) is 0 Å². The van der Waals surface area contributed by atoms with Crippen LogP contribution in [-0.4, -0.2) is 61.8 Å². The van der Waals surface area contributed by atoms with Crippen LogP contribution in [0.25, 0.3) is 0 Å². The van der Waals surface area contributed by atoms with E-state index in [9.17, 15) is 14.4 Å². The lowest BCUT2D eigenvalue weighted by Gasteiger charge is -2.28. The molecule has 0 aromatic rings. The Kier molecular flexibility index (Phi) is 24.0. The van der Waals surface area contributed by atoms with Crippen molar-refractivity contribution in [3.8, 4) is 0 Å². The monoisotopic (exact) mass is 678 g/mol. The van der Waals surface area contributed by atoms with Gasteiger partial charge in [0.15, 0.2) is 0 Å². The number of rotatable bonds is 28. The van der Waals surface area contributed by atoms with E-state index in [1.165, 1.54) is 77.0 Å². The number of carbonyl (C=O) groups is 3. The van der Waals surface area contributed by atoms with Gasteiger partial charge < -0.3 is 19.1 Å². The van der Waals surface area contributed by atoms with E-state index in [4.69, 9.17) is 14.2 Å². The van der Waals surface area contributed by atoms with Crippen molar-refractivity contribution in [2.75, 3.05) is 26.7 Å². The van der Waals surface area contributed by atoms with Crippen molar-refractivity contribution in [2.24, 2.45) is 17.8 Å². The molecular formula is C41H75NO6. The minimum absolute atomic E-state index is 0.00971. The van der Waals surface area contributed by atoms with E-state index in [-0.39, 0.29) is 54.5 Å².